The zero-order chi connectivity index (χ0) is 20.7. The third kappa shape index (κ3) is 5.67. The molecule has 2 aromatic rings. The molecular formula is C20H31N5O2S. The number of ether oxygens (including phenoxy) is 1. The average molecular weight is 406 g/mol. The lowest BCUT2D eigenvalue weighted by molar-refractivity contribution is 0.141. The first-order valence-corrected chi connectivity index (χ1v) is 10.2. The Labute approximate surface area is 170 Å². The first-order valence-electron chi connectivity index (χ1n) is 9.35. The summed E-state index contributed by atoms with van der Waals surface area (Å²) in [5.74, 6) is 1.30. The minimum Gasteiger partial charge on any atom is -0.496 e. The van der Waals surface area contributed by atoms with Crippen molar-refractivity contribution >= 4 is 17.3 Å². The molecule has 0 saturated heterocycles. The highest BCUT2D eigenvalue weighted by Crippen LogP contribution is 2.27. The van der Waals surface area contributed by atoms with E-state index in [9.17, 15) is 5.11 Å². The molecule has 0 spiro atoms. The molecule has 0 bridgehead atoms. The number of thiazole rings is 1. The Hall–Kier alpha value is -2.16. The number of benzene rings is 1. The molecule has 0 fully saturated rings. The van der Waals surface area contributed by atoms with Crippen molar-refractivity contribution < 1.29 is 9.84 Å². The van der Waals surface area contributed by atoms with Crippen LogP contribution in [-0.4, -0.2) is 35.7 Å². The quantitative estimate of drug-likeness (QED) is 0.289. The number of aliphatic hydroxyl groups is 1. The minimum atomic E-state index is -0.727. The summed E-state index contributed by atoms with van der Waals surface area (Å²) in [7, 11) is 1.68. The molecule has 0 aliphatic rings. The highest BCUT2D eigenvalue weighted by molar-refractivity contribution is 7.09. The molecule has 6 N–H and O–H groups in total. The van der Waals surface area contributed by atoms with Gasteiger partial charge in [-0.3, -0.25) is 0 Å². The van der Waals surface area contributed by atoms with Gasteiger partial charge in [0.05, 0.1) is 13.7 Å². The molecule has 8 heteroatoms. The SMILES string of the molecule is COc1cc(C)c(CN=C(N)NCCC[C@H](N)C(O)c2nccs2)c(C)c1C. The molecule has 2 rings (SSSR count). The van der Waals surface area contributed by atoms with Gasteiger partial charge in [0, 0.05) is 24.2 Å². The fourth-order valence-electron chi connectivity index (χ4n) is 3.05. The second-order valence-corrected chi connectivity index (χ2v) is 7.80. The van der Waals surface area contributed by atoms with Crippen molar-refractivity contribution in [1.82, 2.24) is 10.3 Å². The highest BCUT2D eigenvalue weighted by atomic mass is 32.1. The number of aliphatic hydroxyl groups excluding tert-OH is 1. The van der Waals surface area contributed by atoms with Crippen LogP contribution in [0.2, 0.25) is 0 Å². The van der Waals surface area contributed by atoms with Crippen LogP contribution in [0.3, 0.4) is 0 Å². The molecule has 2 atom stereocenters. The smallest absolute Gasteiger partial charge is 0.188 e. The summed E-state index contributed by atoms with van der Waals surface area (Å²) >= 11 is 1.41. The first-order chi connectivity index (χ1) is 13.3. The number of methoxy groups -OCH3 is 1. The van der Waals surface area contributed by atoms with E-state index >= 15 is 0 Å². The van der Waals surface area contributed by atoms with Gasteiger partial charge >= 0.3 is 0 Å². The van der Waals surface area contributed by atoms with Gasteiger partial charge in [0.1, 0.15) is 16.9 Å². The summed E-state index contributed by atoms with van der Waals surface area (Å²) in [6, 6.07) is 1.69. The van der Waals surface area contributed by atoms with E-state index in [-0.39, 0.29) is 6.04 Å². The molecular weight excluding hydrogens is 374 g/mol. The van der Waals surface area contributed by atoms with Crippen LogP contribution < -0.4 is 21.5 Å². The average Bonchev–Trinajstić information content (AvgIpc) is 3.21. The van der Waals surface area contributed by atoms with Gasteiger partial charge in [0.25, 0.3) is 0 Å². The molecule has 0 radical (unpaired) electrons. The molecule has 0 aliphatic carbocycles. The topological polar surface area (TPSA) is 119 Å². The Morgan fingerprint density at radius 3 is 2.75 bits per heavy atom. The van der Waals surface area contributed by atoms with E-state index < -0.39 is 6.10 Å². The Morgan fingerprint density at radius 1 is 1.36 bits per heavy atom. The van der Waals surface area contributed by atoms with Crippen LogP contribution in [0.25, 0.3) is 0 Å². The summed E-state index contributed by atoms with van der Waals surface area (Å²) < 4.78 is 5.41. The van der Waals surface area contributed by atoms with Crippen LogP contribution >= 0.6 is 11.3 Å². The number of nitrogens with zero attached hydrogens (tertiary/aromatic N) is 2. The van der Waals surface area contributed by atoms with E-state index in [2.05, 4.69) is 29.1 Å². The number of rotatable bonds is 9. The Bertz CT molecular complexity index is 792. The van der Waals surface area contributed by atoms with Crippen LogP contribution in [-0.2, 0) is 6.54 Å². The largest absolute Gasteiger partial charge is 0.496 e. The van der Waals surface area contributed by atoms with Gasteiger partial charge in [0.2, 0.25) is 0 Å². The molecule has 1 unspecified atom stereocenters. The van der Waals surface area contributed by atoms with Crippen molar-refractivity contribution in [2.45, 2.75) is 52.3 Å². The molecule has 1 aromatic heterocycles. The fraction of sp³-hybridized carbons (Fsp3) is 0.500. The molecule has 0 saturated carbocycles. The van der Waals surface area contributed by atoms with Crippen molar-refractivity contribution in [3.05, 3.63) is 44.9 Å². The van der Waals surface area contributed by atoms with Gasteiger partial charge in [-0.15, -0.1) is 11.3 Å². The minimum absolute atomic E-state index is 0.348. The molecule has 28 heavy (non-hydrogen) atoms. The predicted molar refractivity (Wildman–Crippen MR) is 115 cm³/mol. The van der Waals surface area contributed by atoms with Gasteiger partial charge in [0.15, 0.2) is 5.96 Å². The third-order valence-corrected chi connectivity index (χ3v) is 5.81. The first kappa shape index (κ1) is 22.1. The highest BCUT2D eigenvalue weighted by Gasteiger charge is 2.18. The summed E-state index contributed by atoms with van der Waals surface area (Å²) in [5, 5.41) is 15.8. The monoisotopic (exact) mass is 405 g/mol. The number of hydrogen-bond donors (Lipinski definition) is 4. The number of nitrogens with two attached hydrogens (primary N) is 2. The van der Waals surface area contributed by atoms with Crippen LogP contribution in [0.1, 0.15) is 46.2 Å². The summed E-state index contributed by atoms with van der Waals surface area (Å²) in [4.78, 5) is 8.56. The maximum Gasteiger partial charge on any atom is 0.188 e. The summed E-state index contributed by atoms with van der Waals surface area (Å²) in [5.41, 5.74) is 16.6. The number of hydrogen-bond acceptors (Lipinski definition) is 6. The lowest BCUT2D eigenvalue weighted by Gasteiger charge is -2.17. The van der Waals surface area contributed by atoms with Crippen LogP contribution in [0.5, 0.6) is 5.75 Å². The number of nitrogens with one attached hydrogen (secondary N) is 1. The van der Waals surface area contributed by atoms with Crippen LogP contribution in [0, 0.1) is 20.8 Å². The van der Waals surface area contributed by atoms with E-state index in [4.69, 9.17) is 16.2 Å². The molecule has 0 aliphatic heterocycles. The lowest BCUT2D eigenvalue weighted by atomic mass is 9.97. The number of guanidine groups is 1. The predicted octanol–water partition coefficient (Wildman–Crippen LogP) is 2.32. The second kappa shape index (κ2) is 10.4. The zero-order valence-corrected chi connectivity index (χ0v) is 17.8. The van der Waals surface area contributed by atoms with E-state index in [0.717, 1.165) is 28.9 Å². The molecule has 1 aromatic carbocycles. The van der Waals surface area contributed by atoms with Crippen molar-refractivity contribution in [1.29, 1.82) is 0 Å². The second-order valence-electron chi connectivity index (χ2n) is 6.87. The van der Waals surface area contributed by atoms with Crippen molar-refractivity contribution in [3.8, 4) is 5.75 Å². The third-order valence-electron chi connectivity index (χ3n) is 4.97. The summed E-state index contributed by atoms with van der Waals surface area (Å²) in [6.45, 7) is 7.34. The van der Waals surface area contributed by atoms with Crippen molar-refractivity contribution in [3.63, 3.8) is 0 Å². The Kier molecular flexibility index (Phi) is 8.22. The van der Waals surface area contributed by atoms with Gasteiger partial charge in [-0.25, -0.2) is 9.98 Å². The maximum atomic E-state index is 10.2. The zero-order valence-electron chi connectivity index (χ0n) is 17.0. The molecule has 7 nitrogen and oxygen atoms in total. The van der Waals surface area contributed by atoms with E-state index in [0.29, 0.717) is 30.5 Å². The normalized spacial score (nSPS) is 14.0. The fourth-order valence-corrected chi connectivity index (χ4v) is 3.75. The van der Waals surface area contributed by atoms with Gasteiger partial charge in [-0.2, -0.15) is 0 Å². The Morgan fingerprint density at radius 2 is 2.11 bits per heavy atom. The number of aryl methyl sites for hydroxylation is 1. The number of aromatic nitrogens is 1. The van der Waals surface area contributed by atoms with Crippen molar-refractivity contribution in [2.75, 3.05) is 13.7 Å². The lowest BCUT2D eigenvalue weighted by Crippen LogP contribution is -2.34. The Balaban J connectivity index is 1.81. The van der Waals surface area contributed by atoms with E-state index in [1.165, 1.54) is 16.9 Å². The van der Waals surface area contributed by atoms with Gasteiger partial charge < -0.3 is 26.6 Å². The van der Waals surface area contributed by atoms with Gasteiger partial charge in [-0.05, 0) is 61.9 Å². The van der Waals surface area contributed by atoms with E-state index in [1.54, 1.807) is 13.3 Å². The standard InChI is InChI=1S/C20H31N5O2S/c1-12-10-17(27-4)14(3)13(2)15(12)11-25-20(22)24-7-5-6-16(21)18(26)19-23-8-9-28-19/h8-10,16,18,26H,5-7,11,21H2,1-4H3,(H3,22,24,25)/t16-,18?/m0/s1. The van der Waals surface area contributed by atoms with Crippen LogP contribution in [0.4, 0.5) is 0 Å². The molecule has 154 valence electrons. The maximum absolute atomic E-state index is 10.2. The van der Waals surface area contributed by atoms with Gasteiger partial charge in [-0.1, -0.05) is 0 Å². The molecule has 0 amide bonds. The van der Waals surface area contributed by atoms with Crippen molar-refractivity contribution in [2.24, 2.45) is 16.5 Å². The summed E-state index contributed by atoms with van der Waals surface area (Å²) in [6.07, 6.45) is 2.38. The molecule has 1 heterocycles. The van der Waals surface area contributed by atoms with Crippen LogP contribution in [0.15, 0.2) is 22.6 Å². The van der Waals surface area contributed by atoms with E-state index in [1.807, 2.05) is 18.4 Å². The number of aliphatic imine (C=N–C) groups is 1.